The third-order valence-electron chi connectivity index (χ3n) is 5.10. The summed E-state index contributed by atoms with van der Waals surface area (Å²) in [7, 11) is 1.78. The van der Waals surface area contributed by atoms with Crippen LogP contribution in [0.1, 0.15) is 31.7 Å². The van der Waals surface area contributed by atoms with Crippen molar-refractivity contribution in [2.75, 3.05) is 30.4 Å². The molecule has 1 heterocycles. The van der Waals surface area contributed by atoms with Gasteiger partial charge in [-0.25, -0.2) is 0 Å². The van der Waals surface area contributed by atoms with Gasteiger partial charge in [0.1, 0.15) is 0 Å². The van der Waals surface area contributed by atoms with Crippen LogP contribution < -0.4 is 20.9 Å². The normalized spacial score (nSPS) is 16.4. The molecule has 160 valence electrons. The molecule has 7 heteroatoms. The van der Waals surface area contributed by atoms with Gasteiger partial charge in [0.25, 0.3) is 0 Å². The monoisotopic (exact) mass is 427 g/mol. The molecular weight excluding hydrogens is 398 g/mol. The van der Waals surface area contributed by atoms with E-state index in [0.29, 0.717) is 19.0 Å². The molecule has 1 saturated heterocycles. The van der Waals surface area contributed by atoms with Crippen molar-refractivity contribution in [3.8, 4) is 0 Å². The highest BCUT2D eigenvalue weighted by molar-refractivity contribution is 6.30. The average molecular weight is 428 g/mol. The average Bonchev–Trinajstić information content (AvgIpc) is 3.21. The third-order valence-corrected chi connectivity index (χ3v) is 5.34. The maximum atomic E-state index is 11.7. The molecule has 0 spiro atoms. The molecule has 1 fully saturated rings. The Morgan fingerprint density at radius 3 is 2.73 bits per heavy atom. The van der Waals surface area contributed by atoms with E-state index in [1.807, 2.05) is 49.4 Å². The van der Waals surface area contributed by atoms with Crippen LogP contribution in [0, 0.1) is 0 Å². The smallest absolute Gasteiger partial charge is 0.224 e. The van der Waals surface area contributed by atoms with Crippen LogP contribution in [0.25, 0.3) is 0 Å². The number of anilines is 2. The van der Waals surface area contributed by atoms with E-state index >= 15 is 0 Å². The molecule has 1 amide bonds. The topological polar surface area (TPSA) is 68.8 Å². The summed E-state index contributed by atoms with van der Waals surface area (Å²) in [6, 6.07) is 16.2. The summed E-state index contributed by atoms with van der Waals surface area (Å²) in [6.07, 6.45) is 2.43. The van der Waals surface area contributed by atoms with E-state index in [1.54, 1.807) is 7.05 Å². The molecule has 3 N–H and O–H groups in total. The predicted molar refractivity (Wildman–Crippen MR) is 125 cm³/mol. The van der Waals surface area contributed by atoms with Crippen molar-refractivity contribution < 1.29 is 4.79 Å². The number of nitrogens with zero attached hydrogens (tertiary/aromatic N) is 2. The molecule has 0 radical (unpaired) electrons. The Kier molecular flexibility index (Phi) is 7.97. The van der Waals surface area contributed by atoms with Gasteiger partial charge in [0.05, 0.1) is 0 Å². The summed E-state index contributed by atoms with van der Waals surface area (Å²) >= 11 is 6.12. The minimum absolute atomic E-state index is 0.0522. The van der Waals surface area contributed by atoms with Crippen LogP contribution in [0.4, 0.5) is 11.4 Å². The van der Waals surface area contributed by atoms with Crippen molar-refractivity contribution in [3.05, 3.63) is 59.1 Å². The van der Waals surface area contributed by atoms with Crippen LogP contribution in [-0.2, 0) is 11.3 Å². The van der Waals surface area contributed by atoms with Crippen molar-refractivity contribution in [1.82, 2.24) is 10.6 Å². The minimum Gasteiger partial charge on any atom is -0.369 e. The Morgan fingerprint density at radius 2 is 2.03 bits per heavy atom. The lowest BCUT2D eigenvalue weighted by Crippen LogP contribution is -2.44. The summed E-state index contributed by atoms with van der Waals surface area (Å²) in [4.78, 5) is 18.4. The van der Waals surface area contributed by atoms with E-state index in [0.717, 1.165) is 53.9 Å². The first kappa shape index (κ1) is 22.0. The maximum absolute atomic E-state index is 11.7. The number of benzene rings is 2. The molecule has 0 aromatic heterocycles. The van der Waals surface area contributed by atoms with Gasteiger partial charge in [-0.15, -0.1) is 0 Å². The number of rotatable bonds is 7. The molecule has 1 unspecified atom stereocenters. The Labute approximate surface area is 183 Å². The first-order valence-electron chi connectivity index (χ1n) is 10.4. The lowest BCUT2D eigenvalue weighted by molar-refractivity contribution is -0.116. The first-order chi connectivity index (χ1) is 14.6. The van der Waals surface area contributed by atoms with Gasteiger partial charge in [-0.1, -0.05) is 36.7 Å². The standard InChI is InChI=1S/C23H30ClN5O/c1-3-5-22(30)27-19-10-8-17(9-11-19)15-26-23(25-2)28-20-12-13-29(16-20)21-7-4-6-18(24)14-21/h4,6-11,14,20H,3,5,12-13,15-16H2,1-2H3,(H,27,30)(H2,25,26,28). The van der Waals surface area contributed by atoms with Crippen LogP contribution in [0.2, 0.25) is 5.02 Å². The Bertz CT molecular complexity index is 868. The van der Waals surface area contributed by atoms with Gasteiger partial charge in [-0.2, -0.15) is 0 Å². The molecule has 30 heavy (non-hydrogen) atoms. The number of aliphatic imine (C=N–C) groups is 1. The fourth-order valence-corrected chi connectivity index (χ4v) is 3.70. The number of amides is 1. The van der Waals surface area contributed by atoms with E-state index in [-0.39, 0.29) is 5.91 Å². The van der Waals surface area contributed by atoms with Crippen LogP contribution >= 0.6 is 11.6 Å². The number of nitrogens with one attached hydrogen (secondary N) is 3. The number of carbonyl (C=O) groups is 1. The summed E-state index contributed by atoms with van der Waals surface area (Å²) in [5.41, 5.74) is 3.10. The fraction of sp³-hybridized carbons (Fsp3) is 0.391. The van der Waals surface area contributed by atoms with Crippen molar-refractivity contribution in [1.29, 1.82) is 0 Å². The van der Waals surface area contributed by atoms with Crippen LogP contribution in [0.3, 0.4) is 0 Å². The summed E-state index contributed by atoms with van der Waals surface area (Å²) in [5, 5.41) is 10.5. The lowest BCUT2D eigenvalue weighted by atomic mass is 10.2. The SMILES string of the molecule is CCCC(=O)Nc1ccc(CNC(=NC)NC2CCN(c3cccc(Cl)c3)C2)cc1. The Balaban J connectivity index is 1.46. The first-order valence-corrected chi connectivity index (χ1v) is 10.8. The zero-order chi connectivity index (χ0) is 21.3. The zero-order valence-electron chi connectivity index (χ0n) is 17.6. The van der Waals surface area contributed by atoms with E-state index in [9.17, 15) is 4.79 Å². The fourth-order valence-electron chi connectivity index (χ4n) is 3.52. The van der Waals surface area contributed by atoms with Gasteiger partial charge in [0.2, 0.25) is 5.91 Å². The number of hydrogen-bond donors (Lipinski definition) is 3. The zero-order valence-corrected chi connectivity index (χ0v) is 18.4. The third kappa shape index (κ3) is 6.39. The van der Waals surface area contributed by atoms with Crippen molar-refractivity contribution in [3.63, 3.8) is 0 Å². The quantitative estimate of drug-likeness (QED) is 0.461. The highest BCUT2D eigenvalue weighted by Crippen LogP contribution is 2.23. The molecule has 0 aliphatic carbocycles. The van der Waals surface area contributed by atoms with Crippen LogP contribution in [-0.4, -0.2) is 38.0 Å². The molecule has 1 atom stereocenters. The van der Waals surface area contributed by atoms with Crippen molar-refractivity contribution >= 4 is 34.8 Å². The van der Waals surface area contributed by atoms with Crippen LogP contribution in [0.15, 0.2) is 53.5 Å². The van der Waals surface area contributed by atoms with E-state index < -0.39 is 0 Å². The lowest BCUT2D eigenvalue weighted by Gasteiger charge is -2.20. The summed E-state index contributed by atoms with van der Waals surface area (Å²) in [5.74, 6) is 0.838. The van der Waals surface area contributed by atoms with Gasteiger partial charge in [0, 0.05) is 55.5 Å². The highest BCUT2D eigenvalue weighted by atomic mass is 35.5. The van der Waals surface area contributed by atoms with Gasteiger partial charge >= 0.3 is 0 Å². The Hall–Kier alpha value is -2.73. The highest BCUT2D eigenvalue weighted by Gasteiger charge is 2.23. The van der Waals surface area contributed by atoms with E-state index in [1.165, 1.54) is 0 Å². The van der Waals surface area contributed by atoms with Gasteiger partial charge in [0.15, 0.2) is 5.96 Å². The molecule has 1 aliphatic rings. The molecule has 0 saturated carbocycles. The van der Waals surface area contributed by atoms with Crippen LogP contribution in [0.5, 0.6) is 0 Å². The summed E-state index contributed by atoms with van der Waals surface area (Å²) < 4.78 is 0. The minimum atomic E-state index is 0.0522. The van der Waals surface area contributed by atoms with Gasteiger partial charge < -0.3 is 20.9 Å². The maximum Gasteiger partial charge on any atom is 0.224 e. The van der Waals surface area contributed by atoms with Crippen molar-refractivity contribution in [2.45, 2.75) is 38.8 Å². The number of hydrogen-bond acceptors (Lipinski definition) is 3. The number of guanidine groups is 1. The Morgan fingerprint density at radius 1 is 1.23 bits per heavy atom. The van der Waals surface area contributed by atoms with E-state index in [2.05, 4.69) is 31.9 Å². The largest absolute Gasteiger partial charge is 0.369 e. The molecular formula is C23H30ClN5O. The number of halogens is 1. The number of carbonyl (C=O) groups excluding carboxylic acids is 1. The predicted octanol–water partition coefficient (Wildman–Crippen LogP) is 4.02. The molecule has 3 rings (SSSR count). The summed E-state index contributed by atoms with van der Waals surface area (Å²) in [6.45, 7) is 4.55. The second-order valence-electron chi connectivity index (χ2n) is 7.48. The van der Waals surface area contributed by atoms with E-state index in [4.69, 9.17) is 11.6 Å². The molecule has 2 aromatic rings. The molecule has 1 aliphatic heterocycles. The van der Waals surface area contributed by atoms with Gasteiger partial charge in [-0.3, -0.25) is 9.79 Å². The van der Waals surface area contributed by atoms with Crippen molar-refractivity contribution in [2.24, 2.45) is 4.99 Å². The molecule has 0 bridgehead atoms. The molecule has 6 nitrogen and oxygen atoms in total. The second kappa shape index (κ2) is 10.9. The van der Waals surface area contributed by atoms with Gasteiger partial charge in [-0.05, 0) is 48.7 Å². The second-order valence-corrected chi connectivity index (χ2v) is 7.91. The molecule has 2 aromatic carbocycles.